The molecule has 348 valence electrons. The fourth-order valence-electron chi connectivity index (χ4n) is 10.0. The first-order chi connectivity index (χ1) is 32.7. The summed E-state index contributed by atoms with van der Waals surface area (Å²) < 4.78 is 2.28. The van der Waals surface area contributed by atoms with E-state index in [9.17, 15) is 5.11 Å². The fraction of sp³-hybridized carbons (Fsp3) is 0.219. The van der Waals surface area contributed by atoms with Crippen molar-refractivity contribution in [3.63, 3.8) is 0 Å². The van der Waals surface area contributed by atoms with E-state index in [4.69, 9.17) is 9.97 Å². The van der Waals surface area contributed by atoms with Gasteiger partial charge in [-0.05, 0) is 117 Å². The molecule has 2 heterocycles. The Balaban J connectivity index is 0.00000593. The first-order valence-electron chi connectivity index (χ1n) is 24.3. The molecule has 0 amide bonds. The summed E-state index contributed by atoms with van der Waals surface area (Å²) in [5, 5.41) is 13.8. The van der Waals surface area contributed by atoms with Gasteiger partial charge < -0.3 is 5.11 Å². The summed E-state index contributed by atoms with van der Waals surface area (Å²) >= 11 is 0. The molecule has 0 unspecified atom stereocenters. The van der Waals surface area contributed by atoms with Gasteiger partial charge in [0.25, 0.3) is 0 Å². The van der Waals surface area contributed by atoms with Gasteiger partial charge in [-0.1, -0.05) is 182 Å². The van der Waals surface area contributed by atoms with Crippen LogP contribution in [0.4, 0.5) is 0 Å². The number of phenolic OH excluding ortho intramolecular Hbond substituents is 1. The van der Waals surface area contributed by atoms with Crippen molar-refractivity contribution in [2.75, 3.05) is 0 Å². The number of hydrogen-bond acceptors (Lipinski definition) is 3. The van der Waals surface area contributed by atoms with Gasteiger partial charge in [-0.25, -0.2) is 9.97 Å². The number of rotatable bonds is 10. The van der Waals surface area contributed by atoms with E-state index in [1.54, 1.807) is 6.07 Å². The molecule has 0 saturated carbocycles. The van der Waals surface area contributed by atoms with Crippen LogP contribution in [0, 0.1) is 19.9 Å². The smallest absolute Gasteiger partial charge is 0.163 e. The van der Waals surface area contributed by atoms with Crippen LogP contribution in [-0.2, 0) is 21.1 Å². The summed E-state index contributed by atoms with van der Waals surface area (Å²) in [7, 11) is 0. The van der Waals surface area contributed by atoms with E-state index in [0.29, 0.717) is 23.7 Å². The number of para-hydroxylation sites is 2. The van der Waals surface area contributed by atoms with Crippen molar-refractivity contribution < 1.29 is 26.2 Å². The van der Waals surface area contributed by atoms with Crippen molar-refractivity contribution in [3.8, 4) is 67.5 Å². The second-order valence-electron chi connectivity index (χ2n) is 20.0. The number of phenols is 1. The summed E-state index contributed by atoms with van der Waals surface area (Å²) in [6, 6.07) is 58.7. The minimum Gasteiger partial charge on any atom is -0.507 e. The van der Waals surface area contributed by atoms with E-state index in [1.165, 1.54) is 50.1 Å². The largest absolute Gasteiger partial charge is 0.507 e. The Morgan fingerprint density at radius 2 is 0.971 bits per heavy atom. The number of nitrogens with zero attached hydrogens (tertiary/aromatic N) is 3. The number of imidazole rings is 1. The van der Waals surface area contributed by atoms with Gasteiger partial charge in [-0.3, -0.25) is 4.57 Å². The summed E-state index contributed by atoms with van der Waals surface area (Å²) in [6.45, 7) is 22.7. The summed E-state index contributed by atoms with van der Waals surface area (Å²) in [4.78, 5) is 10.9. The molecule has 0 radical (unpaired) electrons. The maximum atomic E-state index is 11.2. The number of aryl methyl sites for hydroxylation is 2. The summed E-state index contributed by atoms with van der Waals surface area (Å²) in [5.41, 5.74) is 21.1. The minimum atomic E-state index is 0. The first kappa shape index (κ1) is 47.5. The van der Waals surface area contributed by atoms with Crippen LogP contribution in [0.5, 0.6) is 5.75 Å². The number of fused-ring (bicyclic) bond motifs is 4. The van der Waals surface area contributed by atoms with Crippen LogP contribution in [0.25, 0.3) is 94.4 Å². The maximum Gasteiger partial charge on any atom is 0.163 e. The minimum absolute atomic E-state index is 0. The third kappa shape index (κ3) is 8.74. The van der Waals surface area contributed by atoms with Gasteiger partial charge in [0.2, 0.25) is 0 Å². The molecule has 69 heavy (non-hydrogen) atoms. The molecule has 0 aliphatic rings. The van der Waals surface area contributed by atoms with Crippen LogP contribution in [0.15, 0.2) is 152 Å². The molecule has 0 aliphatic heterocycles. The predicted octanol–water partition coefficient (Wildman–Crippen LogP) is 17.7. The van der Waals surface area contributed by atoms with E-state index in [2.05, 4.69) is 207 Å². The molecule has 0 spiro atoms. The zero-order valence-electron chi connectivity index (χ0n) is 41.3. The average Bonchev–Trinajstić information content (AvgIpc) is 3.72. The van der Waals surface area contributed by atoms with Crippen molar-refractivity contribution >= 4 is 32.7 Å². The van der Waals surface area contributed by atoms with Gasteiger partial charge in [-0.2, -0.15) is 0 Å². The molecular formula is C64H60N3OPt-. The normalized spacial score (nSPS) is 11.8. The zero-order chi connectivity index (χ0) is 47.5. The molecule has 0 aliphatic carbocycles. The molecule has 0 atom stereocenters. The zero-order valence-corrected chi connectivity index (χ0v) is 43.6. The summed E-state index contributed by atoms with van der Waals surface area (Å²) in [5.74, 6) is 2.49. The topological polar surface area (TPSA) is 50.9 Å². The Morgan fingerprint density at radius 3 is 1.57 bits per heavy atom. The molecule has 1 N–H and O–H groups in total. The van der Waals surface area contributed by atoms with Crippen molar-refractivity contribution in [1.29, 1.82) is 0 Å². The van der Waals surface area contributed by atoms with Gasteiger partial charge in [0.1, 0.15) is 11.4 Å². The van der Waals surface area contributed by atoms with Crippen LogP contribution < -0.4 is 0 Å². The van der Waals surface area contributed by atoms with E-state index < -0.39 is 0 Å². The molecular weight excluding hydrogens is 1020 g/mol. The molecule has 0 fully saturated rings. The van der Waals surface area contributed by atoms with Crippen LogP contribution in [0.2, 0.25) is 0 Å². The number of aromatic hydroxyl groups is 1. The van der Waals surface area contributed by atoms with Crippen molar-refractivity contribution in [1.82, 2.24) is 14.5 Å². The Kier molecular flexibility index (Phi) is 13.1. The van der Waals surface area contributed by atoms with Gasteiger partial charge in [0.05, 0.1) is 22.2 Å². The second-order valence-corrected chi connectivity index (χ2v) is 20.0. The Labute approximate surface area is 422 Å². The molecule has 5 heteroatoms. The third-order valence-corrected chi connectivity index (χ3v) is 13.9. The molecule has 0 bridgehead atoms. The van der Waals surface area contributed by atoms with E-state index in [1.807, 2.05) is 18.2 Å². The van der Waals surface area contributed by atoms with Crippen LogP contribution in [0.1, 0.15) is 112 Å². The molecule has 2 aromatic heterocycles. The Morgan fingerprint density at radius 1 is 0.478 bits per heavy atom. The van der Waals surface area contributed by atoms with E-state index in [-0.39, 0.29) is 26.8 Å². The van der Waals surface area contributed by atoms with Crippen molar-refractivity contribution in [2.24, 2.45) is 0 Å². The molecule has 10 rings (SSSR count). The fourth-order valence-corrected chi connectivity index (χ4v) is 10.0. The van der Waals surface area contributed by atoms with E-state index >= 15 is 0 Å². The van der Waals surface area contributed by atoms with Gasteiger partial charge in [0, 0.05) is 31.8 Å². The SMILES string of the molecule is Cc1cccc(C)c1-n1c(-c2ccc3ccc4cccc(O)c4c3n2)nc2c(-c3[c-]c(-c4c(-c5cc(C(C)C)cc(C(C)C)c5)cccc4-c4cc(C(C)C)cc(C(C)C)c4)ccc3)cccc21.[Pt]. The van der Waals surface area contributed by atoms with Gasteiger partial charge in [0.15, 0.2) is 5.82 Å². The molecule has 0 saturated heterocycles. The quantitative estimate of drug-likeness (QED) is 0.110. The Hall–Kier alpha value is -6.61. The van der Waals surface area contributed by atoms with Crippen LogP contribution in [0.3, 0.4) is 0 Å². The monoisotopic (exact) mass is 1080 g/mol. The third-order valence-electron chi connectivity index (χ3n) is 13.9. The number of benzene rings is 8. The molecule has 10 aromatic rings. The first-order valence-corrected chi connectivity index (χ1v) is 24.3. The number of pyridine rings is 1. The van der Waals surface area contributed by atoms with Gasteiger partial charge in [-0.15, -0.1) is 35.4 Å². The Bertz CT molecular complexity index is 3420. The van der Waals surface area contributed by atoms with Gasteiger partial charge >= 0.3 is 0 Å². The number of aromatic nitrogens is 3. The van der Waals surface area contributed by atoms with E-state index in [0.717, 1.165) is 77.7 Å². The summed E-state index contributed by atoms with van der Waals surface area (Å²) in [6.07, 6.45) is 0. The van der Waals surface area contributed by atoms with Crippen LogP contribution in [-0.4, -0.2) is 19.6 Å². The molecule has 8 aromatic carbocycles. The molecule has 4 nitrogen and oxygen atoms in total. The predicted molar refractivity (Wildman–Crippen MR) is 287 cm³/mol. The van der Waals surface area contributed by atoms with Crippen molar-refractivity contribution in [2.45, 2.75) is 92.9 Å². The van der Waals surface area contributed by atoms with Crippen LogP contribution >= 0.6 is 0 Å². The maximum absolute atomic E-state index is 11.2. The second kappa shape index (κ2) is 19.1. The standard InChI is InChI=1S/C64H60N3O.Pt/c1-37(2)47-31-48(38(3)4)34-51(33-47)53-21-14-22-54(52-35-49(39(5)6)32-50(36-52)40(7)8)59(53)46-20-12-19-45(30-46)55-23-15-24-57-62(55)66-64(67(57)63-41(9)16-11-17-42(63)10)56-29-28-44-27-26-43-18-13-25-58(68)60(43)61(44)65-56;/h11-29,31-40,68H,1-10H3;/q-1;. The average molecular weight is 1080 g/mol. The van der Waals surface area contributed by atoms with Crippen molar-refractivity contribution in [3.05, 3.63) is 191 Å². The number of hydrogen-bond donors (Lipinski definition) is 1.